The van der Waals surface area contributed by atoms with Crippen LogP contribution < -0.4 is 5.32 Å². The maximum atomic E-state index is 12.9. The summed E-state index contributed by atoms with van der Waals surface area (Å²) < 4.78 is 12.9. The van der Waals surface area contributed by atoms with E-state index in [1.165, 1.54) is 17.0 Å². The fraction of sp³-hybridized carbons (Fsp3) is 0.348. The number of hydrogen-bond acceptors (Lipinski definition) is 3. The summed E-state index contributed by atoms with van der Waals surface area (Å²) in [6.07, 6.45) is 2.14. The molecule has 30 heavy (non-hydrogen) atoms. The minimum Gasteiger partial charge on any atom is -0.338 e. The topological polar surface area (TPSA) is 69.7 Å². The van der Waals surface area contributed by atoms with Crippen LogP contribution in [0.1, 0.15) is 39.1 Å². The van der Waals surface area contributed by atoms with E-state index in [4.69, 9.17) is 0 Å². The molecule has 0 aliphatic carbocycles. The highest BCUT2D eigenvalue weighted by molar-refractivity contribution is 6.21. The minimum atomic E-state index is -0.271. The van der Waals surface area contributed by atoms with Crippen molar-refractivity contribution in [2.24, 2.45) is 5.92 Å². The molecule has 0 spiro atoms. The number of urea groups is 1. The number of benzene rings is 2. The third-order valence-electron chi connectivity index (χ3n) is 5.82. The molecule has 2 aliphatic rings. The number of rotatable bonds is 5. The van der Waals surface area contributed by atoms with Crippen LogP contribution in [-0.2, 0) is 6.42 Å². The fourth-order valence-corrected chi connectivity index (χ4v) is 4.06. The van der Waals surface area contributed by atoms with Crippen LogP contribution in [0.25, 0.3) is 0 Å². The van der Waals surface area contributed by atoms with Crippen LogP contribution in [0.15, 0.2) is 48.5 Å². The molecule has 0 radical (unpaired) electrons. The van der Waals surface area contributed by atoms with E-state index in [1.54, 1.807) is 41.3 Å². The van der Waals surface area contributed by atoms with Gasteiger partial charge in [0.15, 0.2) is 0 Å². The second-order valence-corrected chi connectivity index (χ2v) is 7.81. The molecule has 0 atom stereocenters. The highest BCUT2D eigenvalue weighted by Gasteiger charge is 2.37. The molecule has 7 heteroatoms. The van der Waals surface area contributed by atoms with E-state index >= 15 is 0 Å². The zero-order chi connectivity index (χ0) is 21.1. The number of halogens is 1. The molecule has 1 N–H and O–H groups in total. The molecule has 0 unspecified atom stereocenters. The third-order valence-corrected chi connectivity index (χ3v) is 5.82. The highest BCUT2D eigenvalue weighted by atomic mass is 19.1. The van der Waals surface area contributed by atoms with Crippen molar-refractivity contribution in [3.05, 3.63) is 71.0 Å². The number of nitrogens with one attached hydrogen (secondary N) is 1. The molecule has 0 aromatic heterocycles. The number of carbonyl (C=O) groups excluding carboxylic acids is 3. The van der Waals surface area contributed by atoms with E-state index in [-0.39, 0.29) is 29.6 Å². The molecule has 1 fully saturated rings. The number of carbonyl (C=O) groups is 3. The molecule has 0 saturated carbocycles. The number of piperidine rings is 1. The largest absolute Gasteiger partial charge is 0.338 e. The maximum Gasteiger partial charge on any atom is 0.317 e. The molecule has 2 heterocycles. The number of fused-ring (bicyclic) bond motifs is 1. The van der Waals surface area contributed by atoms with Crippen molar-refractivity contribution in [2.45, 2.75) is 19.3 Å². The Balaban J connectivity index is 1.22. The number of hydrogen-bond donors (Lipinski definition) is 1. The molecule has 2 aliphatic heterocycles. The Morgan fingerprint density at radius 2 is 1.57 bits per heavy atom. The molecule has 1 saturated heterocycles. The maximum absolute atomic E-state index is 12.9. The second kappa shape index (κ2) is 8.65. The van der Waals surface area contributed by atoms with Crippen LogP contribution in [0.2, 0.25) is 0 Å². The Labute approximate surface area is 174 Å². The molecule has 2 aromatic rings. The second-order valence-electron chi connectivity index (χ2n) is 7.81. The summed E-state index contributed by atoms with van der Waals surface area (Å²) in [7, 11) is 0. The van der Waals surface area contributed by atoms with Crippen LogP contribution in [0, 0.1) is 11.7 Å². The highest BCUT2D eigenvalue weighted by Crippen LogP contribution is 2.26. The lowest BCUT2D eigenvalue weighted by molar-refractivity contribution is 0.0604. The standard InChI is InChI=1S/C23H24FN3O3/c24-18-7-5-16(6-8-18)9-12-25-23(30)26-13-10-17(11-14-26)15-27-21(28)19-3-1-2-4-20(19)22(27)29/h1-8,17H,9-15H2,(H,25,30). The normalized spacial score (nSPS) is 16.7. The van der Waals surface area contributed by atoms with Gasteiger partial charge in [0, 0.05) is 26.2 Å². The van der Waals surface area contributed by atoms with Crippen LogP contribution >= 0.6 is 0 Å². The van der Waals surface area contributed by atoms with Gasteiger partial charge in [-0.15, -0.1) is 0 Å². The average Bonchev–Trinajstić information content (AvgIpc) is 3.01. The van der Waals surface area contributed by atoms with Crippen molar-refractivity contribution in [2.75, 3.05) is 26.2 Å². The van der Waals surface area contributed by atoms with Crippen molar-refractivity contribution < 1.29 is 18.8 Å². The summed E-state index contributed by atoms with van der Waals surface area (Å²) in [5.74, 6) is -0.532. The molecule has 0 bridgehead atoms. The van der Waals surface area contributed by atoms with Crippen LogP contribution in [0.5, 0.6) is 0 Å². The molecule has 4 amide bonds. The van der Waals surface area contributed by atoms with Gasteiger partial charge in [-0.3, -0.25) is 14.5 Å². The van der Waals surface area contributed by atoms with Gasteiger partial charge < -0.3 is 10.2 Å². The molecule has 156 valence electrons. The predicted octanol–water partition coefficient (Wildman–Crippen LogP) is 3.09. The lowest BCUT2D eigenvalue weighted by Gasteiger charge is -2.33. The first-order valence-electron chi connectivity index (χ1n) is 10.3. The molecular formula is C23H24FN3O3. The van der Waals surface area contributed by atoms with Gasteiger partial charge in [-0.1, -0.05) is 24.3 Å². The lowest BCUT2D eigenvalue weighted by atomic mass is 9.96. The number of nitrogens with zero attached hydrogens (tertiary/aromatic N) is 2. The van der Waals surface area contributed by atoms with Crippen LogP contribution in [0.4, 0.5) is 9.18 Å². The fourth-order valence-electron chi connectivity index (χ4n) is 4.06. The van der Waals surface area contributed by atoms with E-state index in [0.29, 0.717) is 43.7 Å². The lowest BCUT2D eigenvalue weighted by Crippen LogP contribution is -2.46. The quantitative estimate of drug-likeness (QED) is 0.772. The van der Waals surface area contributed by atoms with E-state index in [9.17, 15) is 18.8 Å². The van der Waals surface area contributed by atoms with Crippen molar-refractivity contribution >= 4 is 17.8 Å². The summed E-state index contributed by atoms with van der Waals surface area (Å²) in [5, 5.41) is 2.90. The smallest absolute Gasteiger partial charge is 0.317 e. The van der Waals surface area contributed by atoms with E-state index < -0.39 is 0 Å². The third kappa shape index (κ3) is 4.20. The van der Waals surface area contributed by atoms with Gasteiger partial charge in [-0.05, 0) is 55.0 Å². The van der Waals surface area contributed by atoms with Crippen molar-refractivity contribution in [3.63, 3.8) is 0 Å². The van der Waals surface area contributed by atoms with Crippen LogP contribution in [0.3, 0.4) is 0 Å². The summed E-state index contributed by atoms with van der Waals surface area (Å²) in [4.78, 5) is 40.5. The van der Waals surface area contributed by atoms with Gasteiger partial charge in [0.1, 0.15) is 5.82 Å². The SMILES string of the molecule is O=C(NCCc1ccc(F)cc1)N1CCC(CN2C(=O)c3ccccc3C2=O)CC1. The molecular weight excluding hydrogens is 385 g/mol. The van der Waals surface area contributed by atoms with E-state index in [1.807, 2.05) is 0 Å². The number of amides is 4. The first kappa shape index (κ1) is 20.1. The Hall–Kier alpha value is -3.22. The Morgan fingerprint density at radius 3 is 2.17 bits per heavy atom. The van der Waals surface area contributed by atoms with Crippen molar-refractivity contribution in [1.82, 2.24) is 15.1 Å². The van der Waals surface area contributed by atoms with Gasteiger partial charge in [-0.2, -0.15) is 0 Å². The number of imide groups is 1. The summed E-state index contributed by atoms with van der Waals surface area (Å²) >= 11 is 0. The van der Waals surface area contributed by atoms with E-state index in [0.717, 1.165) is 18.4 Å². The monoisotopic (exact) mass is 409 g/mol. The van der Waals surface area contributed by atoms with Gasteiger partial charge in [0.2, 0.25) is 0 Å². The zero-order valence-corrected chi connectivity index (χ0v) is 16.6. The minimum absolute atomic E-state index is 0.115. The van der Waals surface area contributed by atoms with Gasteiger partial charge >= 0.3 is 6.03 Å². The Bertz CT molecular complexity index is 917. The van der Waals surface area contributed by atoms with Crippen molar-refractivity contribution in [1.29, 1.82) is 0 Å². The van der Waals surface area contributed by atoms with Crippen molar-refractivity contribution in [3.8, 4) is 0 Å². The number of likely N-dealkylation sites (tertiary alicyclic amines) is 1. The summed E-state index contributed by atoms with van der Waals surface area (Å²) in [6.45, 7) is 2.07. The Kier molecular flexibility index (Phi) is 5.79. The average molecular weight is 409 g/mol. The Morgan fingerprint density at radius 1 is 0.967 bits per heavy atom. The summed E-state index contributed by atoms with van der Waals surface area (Å²) in [5.41, 5.74) is 1.91. The van der Waals surface area contributed by atoms with Gasteiger partial charge in [0.05, 0.1) is 11.1 Å². The van der Waals surface area contributed by atoms with Gasteiger partial charge in [-0.25, -0.2) is 9.18 Å². The first-order chi connectivity index (χ1) is 14.5. The molecule has 4 rings (SSSR count). The summed E-state index contributed by atoms with van der Waals surface area (Å²) in [6, 6.07) is 13.0. The first-order valence-corrected chi connectivity index (χ1v) is 10.3. The van der Waals surface area contributed by atoms with Crippen LogP contribution in [-0.4, -0.2) is 53.8 Å². The zero-order valence-electron chi connectivity index (χ0n) is 16.6. The molecule has 2 aromatic carbocycles. The van der Waals surface area contributed by atoms with Gasteiger partial charge in [0.25, 0.3) is 11.8 Å². The van der Waals surface area contributed by atoms with E-state index in [2.05, 4.69) is 5.32 Å². The molecule has 6 nitrogen and oxygen atoms in total. The predicted molar refractivity (Wildman–Crippen MR) is 110 cm³/mol.